The molecule has 0 atom stereocenters. The molecule has 92 valence electrons. The lowest BCUT2D eigenvalue weighted by molar-refractivity contribution is -0.130. The van der Waals surface area contributed by atoms with Crippen LogP contribution in [0, 0.1) is 12.7 Å². The van der Waals surface area contributed by atoms with Gasteiger partial charge in [0.1, 0.15) is 5.82 Å². The predicted octanol–water partition coefficient (Wildman–Crippen LogP) is 2.69. The minimum absolute atomic E-state index is 0.155. The van der Waals surface area contributed by atoms with Crippen LogP contribution in [0.4, 0.5) is 4.39 Å². The average molecular weight is 235 g/mol. The normalized spacial score (nSPS) is 15.3. The third kappa shape index (κ3) is 3.05. The molecular weight excluding hydrogens is 217 g/mol. The molecule has 0 spiro atoms. The van der Waals surface area contributed by atoms with E-state index in [9.17, 15) is 9.18 Å². The maximum Gasteiger partial charge on any atom is 0.222 e. The second-order valence-corrected chi connectivity index (χ2v) is 4.68. The number of aryl methyl sites for hydroxylation is 2. The Balaban J connectivity index is 1.90. The summed E-state index contributed by atoms with van der Waals surface area (Å²) in [5, 5.41) is 0. The molecule has 1 fully saturated rings. The molecule has 1 amide bonds. The zero-order chi connectivity index (χ0) is 12.3. The van der Waals surface area contributed by atoms with Crippen molar-refractivity contribution in [3.05, 3.63) is 35.1 Å². The topological polar surface area (TPSA) is 20.3 Å². The number of hydrogen-bond acceptors (Lipinski definition) is 1. The van der Waals surface area contributed by atoms with Crippen molar-refractivity contribution in [2.24, 2.45) is 0 Å². The Morgan fingerprint density at radius 2 is 2.06 bits per heavy atom. The second kappa shape index (κ2) is 5.30. The van der Waals surface area contributed by atoms with Gasteiger partial charge < -0.3 is 4.90 Å². The number of nitrogens with zero attached hydrogens (tertiary/aromatic N) is 1. The highest BCUT2D eigenvalue weighted by Gasteiger charge is 2.17. The summed E-state index contributed by atoms with van der Waals surface area (Å²) in [6, 6.07) is 5.19. The van der Waals surface area contributed by atoms with Crippen LogP contribution < -0.4 is 0 Å². The zero-order valence-corrected chi connectivity index (χ0v) is 10.2. The molecular formula is C14H18FNO. The smallest absolute Gasteiger partial charge is 0.222 e. The predicted molar refractivity (Wildman–Crippen MR) is 65.3 cm³/mol. The van der Waals surface area contributed by atoms with Crippen molar-refractivity contribution in [2.75, 3.05) is 13.1 Å². The molecule has 0 radical (unpaired) electrons. The largest absolute Gasteiger partial charge is 0.343 e. The molecule has 0 unspecified atom stereocenters. The van der Waals surface area contributed by atoms with Crippen molar-refractivity contribution < 1.29 is 9.18 Å². The summed E-state index contributed by atoms with van der Waals surface area (Å²) in [5.74, 6) is -0.0401. The van der Waals surface area contributed by atoms with Crippen LogP contribution in [-0.4, -0.2) is 23.9 Å². The third-order valence-electron chi connectivity index (χ3n) is 3.28. The van der Waals surface area contributed by atoms with Crippen LogP contribution in [0.5, 0.6) is 0 Å². The van der Waals surface area contributed by atoms with Crippen molar-refractivity contribution in [1.82, 2.24) is 4.90 Å². The van der Waals surface area contributed by atoms with E-state index in [4.69, 9.17) is 0 Å². The van der Waals surface area contributed by atoms with Crippen molar-refractivity contribution >= 4 is 5.91 Å². The van der Waals surface area contributed by atoms with Crippen LogP contribution in [0.15, 0.2) is 18.2 Å². The maximum absolute atomic E-state index is 13.6. The van der Waals surface area contributed by atoms with Gasteiger partial charge >= 0.3 is 0 Å². The summed E-state index contributed by atoms with van der Waals surface area (Å²) >= 11 is 0. The van der Waals surface area contributed by atoms with E-state index in [1.807, 2.05) is 17.9 Å². The Kier molecular flexibility index (Phi) is 3.77. The van der Waals surface area contributed by atoms with E-state index in [1.54, 1.807) is 6.07 Å². The summed E-state index contributed by atoms with van der Waals surface area (Å²) in [4.78, 5) is 13.7. The van der Waals surface area contributed by atoms with Crippen LogP contribution in [0.2, 0.25) is 0 Å². The summed E-state index contributed by atoms with van der Waals surface area (Å²) in [7, 11) is 0. The van der Waals surface area contributed by atoms with E-state index < -0.39 is 0 Å². The molecule has 0 aliphatic carbocycles. The van der Waals surface area contributed by atoms with Gasteiger partial charge in [0, 0.05) is 19.5 Å². The molecule has 1 saturated heterocycles. The molecule has 2 nitrogen and oxygen atoms in total. The molecule has 0 aromatic heterocycles. The minimum atomic E-state index is -0.195. The number of likely N-dealkylation sites (tertiary alicyclic amines) is 1. The second-order valence-electron chi connectivity index (χ2n) is 4.68. The SMILES string of the molecule is Cc1ccc(CCC(=O)N2CCCC2)c(F)c1. The van der Waals surface area contributed by atoms with Crippen molar-refractivity contribution in [2.45, 2.75) is 32.6 Å². The minimum Gasteiger partial charge on any atom is -0.343 e. The molecule has 0 saturated carbocycles. The zero-order valence-electron chi connectivity index (χ0n) is 10.2. The highest BCUT2D eigenvalue weighted by Crippen LogP contribution is 2.14. The first-order valence-electron chi connectivity index (χ1n) is 6.19. The van der Waals surface area contributed by atoms with Gasteiger partial charge in [0.05, 0.1) is 0 Å². The van der Waals surface area contributed by atoms with Crippen molar-refractivity contribution in [3.63, 3.8) is 0 Å². The standard InChI is InChI=1S/C14H18FNO/c1-11-4-5-12(13(15)10-11)6-7-14(17)16-8-2-3-9-16/h4-5,10H,2-3,6-9H2,1H3. The third-order valence-corrected chi connectivity index (χ3v) is 3.28. The molecule has 1 aromatic rings. The van der Waals surface area contributed by atoms with Crippen LogP contribution in [0.3, 0.4) is 0 Å². The number of benzene rings is 1. The fourth-order valence-electron chi connectivity index (χ4n) is 2.22. The molecule has 2 rings (SSSR count). The van der Waals surface area contributed by atoms with Gasteiger partial charge in [-0.3, -0.25) is 4.79 Å². The highest BCUT2D eigenvalue weighted by atomic mass is 19.1. The quantitative estimate of drug-likeness (QED) is 0.788. The lowest BCUT2D eigenvalue weighted by atomic mass is 10.1. The summed E-state index contributed by atoms with van der Waals surface area (Å²) in [5.41, 5.74) is 1.56. The van der Waals surface area contributed by atoms with Crippen LogP contribution in [0.25, 0.3) is 0 Å². The Labute approximate surface area is 101 Å². The molecule has 1 aromatic carbocycles. The lowest BCUT2D eigenvalue weighted by Gasteiger charge is -2.15. The number of rotatable bonds is 3. The van der Waals surface area contributed by atoms with Gasteiger partial charge in [-0.1, -0.05) is 12.1 Å². The molecule has 1 heterocycles. The van der Waals surface area contributed by atoms with E-state index in [-0.39, 0.29) is 11.7 Å². The van der Waals surface area contributed by atoms with Crippen LogP contribution >= 0.6 is 0 Å². The van der Waals surface area contributed by atoms with E-state index in [0.717, 1.165) is 31.5 Å². The van der Waals surface area contributed by atoms with E-state index in [1.165, 1.54) is 6.07 Å². The number of halogens is 1. The Bertz CT molecular complexity index is 411. The molecule has 1 aliphatic heterocycles. The summed E-state index contributed by atoms with van der Waals surface area (Å²) < 4.78 is 13.6. The van der Waals surface area contributed by atoms with Crippen molar-refractivity contribution in [1.29, 1.82) is 0 Å². The average Bonchev–Trinajstić information content (AvgIpc) is 2.81. The number of carbonyl (C=O) groups is 1. The first kappa shape index (κ1) is 12.1. The van der Waals surface area contributed by atoms with Gasteiger partial charge in [0.2, 0.25) is 5.91 Å². The lowest BCUT2D eigenvalue weighted by Crippen LogP contribution is -2.27. The summed E-state index contributed by atoms with van der Waals surface area (Å²) in [6.45, 7) is 3.60. The first-order chi connectivity index (χ1) is 8.16. The highest BCUT2D eigenvalue weighted by molar-refractivity contribution is 5.76. The van der Waals surface area contributed by atoms with E-state index in [0.29, 0.717) is 18.4 Å². The fraction of sp³-hybridized carbons (Fsp3) is 0.500. The molecule has 1 aliphatic rings. The van der Waals surface area contributed by atoms with E-state index >= 15 is 0 Å². The number of amides is 1. The fourth-order valence-corrected chi connectivity index (χ4v) is 2.22. The van der Waals surface area contributed by atoms with Crippen molar-refractivity contribution in [3.8, 4) is 0 Å². The monoisotopic (exact) mass is 235 g/mol. The molecule has 17 heavy (non-hydrogen) atoms. The van der Waals surface area contributed by atoms with Crippen LogP contribution in [0.1, 0.15) is 30.4 Å². The van der Waals surface area contributed by atoms with Gasteiger partial charge in [-0.15, -0.1) is 0 Å². The maximum atomic E-state index is 13.6. The van der Waals surface area contributed by atoms with E-state index in [2.05, 4.69) is 0 Å². The molecule has 0 bridgehead atoms. The summed E-state index contributed by atoms with van der Waals surface area (Å²) in [6.07, 6.45) is 3.12. The van der Waals surface area contributed by atoms with Gasteiger partial charge in [-0.05, 0) is 43.4 Å². The van der Waals surface area contributed by atoms with Crippen LogP contribution in [-0.2, 0) is 11.2 Å². The Hall–Kier alpha value is -1.38. The molecule has 3 heteroatoms. The van der Waals surface area contributed by atoms with Gasteiger partial charge in [0.15, 0.2) is 0 Å². The van der Waals surface area contributed by atoms with Gasteiger partial charge in [-0.2, -0.15) is 0 Å². The Morgan fingerprint density at radius 1 is 1.35 bits per heavy atom. The van der Waals surface area contributed by atoms with Gasteiger partial charge in [-0.25, -0.2) is 4.39 Å². The first-order valence-corrected chi connectivity index (χ1v) is 6.19. The number of carbonyl (C=O) groups excluding carboxylic acids is 1. The Morgan fingerprint density at radius 3 is 2.71 bits per heavy atom. The molecule has 0 N–H and O–H groups in total. The number of hydrogen-bond donors (Lipinski definition) is 0. The van der Waals surface area contributed by atoms with Gasteiger partial charge in [0.25, 0.3) is 0 Å².